The minimum Gasteiger partial charge on any atom is -0.255 e. The van der Waals surface area contributed by atoms with Crippen LogP contribution in [-0.2, 0) is 12.6 Å². The summed E-state index contributed by atoms with van der Waals surface area (Å²) in [4.78, 5) is 4.19. The van der Waals surface area contributed by atoms with Crippen LogP contribution in [0.2, 0.25) is 0 Å². The third kappa shape index (κ3) is 3.70. The van der Waals surface area contributed by atoms with Crippen molar-refractivity contribution in [1.29, 1.82) is 5.26 Å². The second-order valence-electron chi connectivity index (χ2n) is 6.71. The fraction of sp³-hybridized carbons (Fsp3) is 0.0833. The Morgan fingerprint density at radius 3 is 2.24 bits per heavy atom. The molecule has 5 heteroatoms. The number of hydrogen-bond acceptors (Lipinski definition) is 2. The minimum atomic E-state index is -4.48. The number of fused-ring (bicyclic) bond motifs is 1. The Bertz CT molecular complexity index is 1210. The van der Waals surface area contributed by atoms with Crippen molar-refractivity contribution in [2.24, 2.45) is 0 Å². The molecule has 142 valence electrons. The van der Waals surface area contributed by atoms with Gasteiger partial charge in [-0.1, -0.05) is 54.6 Å². The first-order valence-corrected chi connectivity index (χ1v) is 8.99. The summed E-state index contributed by atoms with van der Waals surface area (Å²) in [6.07, 6.45) is -2.46. The maximum absolute atomic E-state index is 13.5. The quantitative estimate of drug-likeness (QED) is 0.408. The third-order valence-electron chi connectivity index (χ3n) is 4.82. The molecule has 0 radical (unpaired) electrons. The zero-order valence-corrected chi connectivity index (χ0v) is 15.2. The van der Waals surface area contributed by atoms with Crippen LogP contribution in [0.25, 0.3) is 22.0 Å². The average molecular weight is 388 g/mol. The summed E-state index contributed by atoms with van der Waals surface area (Å²) >= 11 is 0. The van der Waals surface area contributed by atoms with Crippen LogP contribution in [0.15, 0.2) is 79.0 Å². The van der Waals surface area contributed by atoms with Gasteiger partial charge in [0.05, 0.1) is 22.7 Å². The normalized spacial score (nSPS) is 11.4. The predicted octanol–water partition coefficient (Wildman–Crippen LogP) is 6.38. The molecule has 0 aliphatic heterocycles. The summed E-state index contributed by atoms with van der Waals surface area (Å²) in [6, 6.07) is 22.8. The number of rotatable bonds is 3. The van der Waals surface area contributed by atoms with Gasteiger partial charge in [-0.25, -0.2) is 0 Å². The molecule has 0 fully saturated rings. The Morgan fingerprint density at radius 1 is 0.862 bits per heavy atom. The van der Waals surface area contributed by atoms with Gasteiger partial charge in [0, 0.05) is 11.6 Å². The van der Waals surface area contributed by atoms with Crippen molar-refractivity contribution >= 4 is 10.9 Å². The molecule has 1 heterocycles. The van der Waals surface area contributed by atoms with Gasteiger partial charge in [-0.3, -0.25) is 4.98 Å². The largest absolute Gasteiger partial charge is 0.418 e. The molecule has 0 amide bonds. The lowest BCUT2D eigenvalue weighted by Crippen LogP contribution is -2.07. The Kier molecular flexibility index (Phi) is 4.77. The maximum atomic E-state index is 13.5. The number of hydrogen-bond donors (Lipinski definition) is 0. The van der Waals surface area contributed by atoms with Gasteiger partial charge in [-0.2, -0.15) is 18.4 Å². The number of pyridine rings is 1. The molecule has 0 bridgehead atoms. The highest BCUT2D eigenvalue weighted by Gasteiger charge is 2.33. The Morgan fingerprint density at radius 2 is 1.59 bits per heavy atom. The van der Waals surface area contributed by atoms with E-state index in [1.807, 2.05) is 42.5 Å². The molecule has 29 heavy (non-hydrogen) atoms. The van der Waals surface area contributed by atoms with E-state index >= 15 is 0 Å². The lowest BCUT2D eigenvalue weighted by atomic mass is 9.92. The molecule has 2 nitrogen and oxygen atoms in total. The van der Waals surface area contributed by atoms with E-state index in [2.05, 4.69) is 11.1 Å². The van der Waals surface area contributed by atoms with E-state index in [1.54, 1.807) is 18.2 Å². The highest BCUT2D eigenvalue weighted by Crippen LogP contribution is 2.38. The molecule has 0 saturated carbocycles. The fourth-order valence-corrected chi connectivity index (χ4v) is 3.49. The lowest BCUT2D eigenvalue weighted by Gasteiger charge is -2.16. The molecule has 4 aromatic rings. The predicted molar refractivity (Wildman–Crippen MR) is 106 cm³/mol. The van der Waals surface area contributed by atoms with Gasteiger partial charge in [0.2, 0.25) is 0 Å². The molecule has 0 aliphatic rings. The van der Waals surface area contributed by atoms with Crippen LogP contribution >= 0.6 is 0 Å². The maximum Gasteiger partial charge on any atom is 0.418 e. The molecule has 0 unspecified atom stereocenters. The standard InChI is InChI=1S/C24H15F3N2/c25-24(26,27)21-8-4-7-20-22(18-5-2-1-3-6-18)19(15-29-23(20)21)13-16-9-11-17(14-28)12-10-16/h1-12,15H,13H2. The topological polar surface area (TPSA) is 36.7 Å². The van der Waals surface area contributed by atoms with Gasteiger partial charge >= 0.3 is 6.18 Å². The molecule has 0 N–H and O–H groups in total. The highest BCUT2D eigenvalue weighted by molar-refractivity contribution is 5.97. The number of nitriles is 1. The van der Waals surface area contributed by atoms with E-state index in [1.165, 1.54) is 12.3 Å². The van der Waals surface area contributed by atoms with Gasteiger partial charge < -0.3 is 0 Å². The summed E-state index contributed by atoms with van der Waals surface area (Å²) < 4.78 is 40.5. The van der Waals surface area contributed by atoms with E-state index in [4.69, 9.17) is 5.26 Å². The van der Waals surface area contributed by atoms with Gasteiger partial charge in [-0.05, 0) is 46.9 Å². The first kappa shape index (κ1) is 18.7. The summed E-state index contributed by atoms with van der Waals surface area (Å²) in [5.41, 5.74) is 3.12. The number of aromatic nitrogens is 1. The van der Waals surface area contributed by atoms with Gasteiger partial charge in [0.25, 0.3) is 0 Å². The third-order valence-corrected chi connectivity index (χ3v) is 4.82. The van der Waals surface area contributed by atoms with E-state index in [0.717, 1.165) is 28.3 Å². The number of alkyl halides is 3. The number of nitrogens with zero attached hydrogens (tertiary/aromatic N) is 2. The summed E-state index contributed by atoms with van der Waals surface area (Å²) in [6.45, 7) is 0. The Labute approximate surface area is 165 Å². The molecule has 4 rings (SSSR count). The van der Waals surface area contributed by atoms with E-state index in [-0.39, 0.29) is 5.52 Å². The molecule has 1 aromatic heterocycles. The first-order valence-electron chi connectivity index (χ1n) is 8.99. The second kappa shape index (κ2) is 7.40. The Balaban J connectivity index is 1.93. The van der Waals surface area contributed by atoms with Crippen molar-refractivity contribution in [2.75, 3.05) is 0 Å². The molecule has 0 atom stereocenters. The van der Waals surface area contributed by atoms with Crippen LogP contribution in [0.4, 0.5) is 13.2 Å². The van der Waals surface area contributed by atoms with E-state index in [9.17, 15) is 13.2 Å². The van der Waals surface area contributed by atoms with Crippen molar-refractivity contribution in [3.8, 4) is 17.2 Å². The van der Waals surface area contributed by atoms with Crippen LogP contribution in [-0.4, -0.2) is 4.98 Å². The smallest absolute Gasteiger partial charge is 0.255 e. The SMILES string of the molecule is N#Cc1ccc(Cc2cnc3c(C(F)(F)F)cccc3c2-c2ccccc2)cc1. The highest BCUT2D eigenvalue weighted by atomic mass is 19.4. The number of para-hydroxylation sites is 1. The molecule has 3 aromatic carbocycles. The summed E-state index contributed by atoms with van der Waals surface area (Å²) in [5, 5.41) is 9.44. The van der Waals surface area contributed by atoms with E-state index < -0.39 is 11.7 Å². The van der Waals surface area contributed by atoms with Gasteiger partial charge in [0.1, 0.15) is 0 Å². The fourth-order valence-electron chi connectivity index (χ4n) is 3.49. The molecule has 0 aliphatic carbocycles. The van der Waals surface area contributed by atoms with Gasteiger partial charge in [-0.15, -0.1) is 0 Å². The number of benzene rings is 3. The summed E-state index contributed by atoms with van der Waals surface area (Å²) in [7, 11) is 0. The second-order valence-corrected chi connectivity index (χ2v) is 6.71. The molecule has 0 saturated heterocycles. The van der Waals surface area contributed by atoms with Crippen molar-refractivity contribution in [3.05, 3.63) is 101 Å². The lowest BCUT2D eigenvalue weighted by molar-refractivity contribution is -0.136. The molecule has 0 spiro atoms. The zero-order valence-electron chi connectivity index (χ0n) is 15.2. The zero-order chi connectivity index (χ0) is 20.4. The van der Waals surface area contributed by atoms with Crippen LogP contribution in [0, 0.1) is 11.3 Å². The van der Waals surface area contributed by atoms with Gasteiger partial charge in [0.15, 0.2) is 0 Å². The van der Waals surface area contributed by atoms with E-state index in [0.29, 0.717) is 17.4 Å². The van der Waals surface area contributed by atoms with Crippen molar-refractivity contribution in [2.45, 2.75) is 12.6 Å². The molecular weight excluding hydrogens is 373 g/mol. The first-order chi connectivity index (χ1) is 14.0. The van der Waals surface area contributed by atoms with Crippen LogP contribution < -0.4 is 0 Å². The number of halogens is 3. The van der Waals surface area contributed by atoms with Crippen molar-refractivity contribution in [1.82, 2.24) is 4.98 Å². The monoisotopic (exact) mass is 388 g/mol. The van der Waals surface area contributed by atoms with Crippen molar-refractivity contribution in [3.63, 3.8) is 0 Å². The van der Waals surface area contributed by atoms with Crippen LogP contribution in [0.5, 0.6) is 0 Å². The van der Waals surface area contributed by atoms with Crippen LogP contribution in [0.1, 0.15) is 22.3 Å². The Hall–Kier alpha value is -3.65. The minimum absolute atomic E-state index is 0.0533. The average Bonchev–Trinajstić information content (AvgIpc) is 2.73. The summed E-state index contributed by atoms with van der Waals surface area (Å²) in [5.74, 6) is 0. The van der Waals surface area contributed by atoms with Crippen molar-refractivity contribution < 1.29 is 13.2 Å². The van der Waals surface area contributed by atoms with Crippen LogP contribution in [0.3, 0.4) is 0 Å². The molecular formula is C24H15F3N2.